The highest BCUT2D eigenvalue weighted by atomic mass is 35.5. The van der Waals surface area contributed by atoms with E-state index in [1.165, 1.54) is 0 Å². The molecular formula is C15H15ClF3N3O2. The number of carbonyl (C=O) groups is 1. The van der Waals surface area contributed by atoms with E-state index in [1.807, 2.05) is 0 Å². The van der Waals surface area contributed by atoms with Crippen LogP contribution >= 0.6 is 11.6 Å². The molecule has 0 radical (unpaired) electrons. The second-order valence-corrected chi connectivity index (χ2v) is 6.07. The summed E-state index contributed by atoms with van der Waals surface area (Å²) in [5.41, 5.74) is -0.480. The second kappa shape index (κ2) is 6.25. The van der Waals surface area contributed by atoms with E-state index in [9.17, 15) is 18.0 Å². The van der Waals surface area contributed by atoms with E-state index in [0.29, 0.717) is 18.8 Å². The Morgan fingerprint density at radius 2 is 2.29 bits per heavy atom. The first-order chi connectivity index (χ1) is 11.3. The van der Waals surface area contributed by atoms with Crippen LogP contribution in [0.3, 0.4) is 0 Å². The summed E-state index contributed by atoms with van der Waals surface area (Å²) in [5, 5.41) is 2.53. The van der Waals surface area contributed by atoms with Crippen LogP contribution < -0.4 is 5.32 Å². The Kier molecular flexibility index (Phi) is 4.44. The number of fused-ring (bicyclic) bond motifs is 1. The number of halogens is 4. The normalized spacial score (nSPS) is 18.3. The molecule has 9 heteroatoms. The summed E-state index contributed by atoms with van der Waals surface area (Å²) < 4.78 is 45.4. The number of nitrogens with one attached hydrogen (secondary N) is 1. The van der Waals surface area contributed by atoms with E-state index < -0.39 is 17.6 Å². The first kappa shape index (κ1) is 17.0. The molecule has 2 aromatic rings. The van der Waals surface area contributed by atoms with E-state index in [0.717, 1.165) is 29.5 Å². The summed E-state index contributed by atoms with van der Waals surface area (Å²) in [6, 6.07) is 0.803. The molecule has 1 aliphatic rings. The number of aromatic nitrogens is 2. The zero-order chi connectivity index (χ0) is 17.5. The third-order valence-electron chi connectivity index (χ3n) is 3.91. The number of alkyl halides is 3. The number of hydrogen-bond donors (Lipinski definition) is 1. The number of rotatable bonds is 3. The predicted molar refractivity (Wildman–Crippen MR) is 81.2 cm³/mol. The first-order valence-corrected chi connectivity index (χ1v) is 7.80. The minimum atomic E-state index is -4.57. The number of pyridine rings is 1. The Morgan fingerprint density at radius 1 is 1.54 bits per heavy atom. The molecule has 24 heavy (non-hydrogen) atoms. The molecular weight excluding hydrogens is 347 g/mol. The zero-order valence-electron chi connectivity index (χ0n) is 12.8. The molecule has 3 rings (SSSR count). The van der Waals surface area contributed by atoms with Crippen molar-refractivity contribution in [2.24, 2.45) is 0 Å². The minimum Gasteiger partial charge on any atom is -0.376 e. The lowest BCUT2D eigenvalue weighted by Gasteiger charge is -2.12. The average Bonchev–Trinajstić information content (AvgIpc) is 3.11. The highest BCUT2D eigenvalue weighted by molar-refractivity contribution is 6.33. The Morgan fingerprint density at radius 3 is 2.92 bits per heavy atom. The van der Waals surface area contributed by atoms with Crippen molar-refractivity contribution in [3.8, 4) is 0 Å². The Balaban J connectivity index is 1.95. The predicted octanol–water partition coefficient (Wildman–Crippen LogP) is 3.22. The SMILES string of the molecule is Cc1nc2c(Cl)cc(C(F)(F)F)cn2c1C(=O)NCC1CCCO1. The van der Waals surface area contributed by atoms with Crippen LogP contribution in [0.25, 0.3) is 5.65 Å². The molecule has 2 aromatic heterocycles. The Bertz CT molecular complexity index is 782. The van der Waals surface area contributed by atoms with E-state index in [-0.39, 0.29) is 22.5 Å². The van der Waals surface area contributed by atoms with Gasteiger partial charge in [0.2, 0.25) is 0 Å². The molecule has 130 valence electrons. The fraction of sp³-hybridized carbons (Fsp3) is 0.467. The third kappa shape index (κ3) is 3.21. The number of amides is 1. The highest BCUT2D eigenvalue weighted by Crippen LogP contribution is 2.33. The largest absolute Gasteiger partial charge is 0.417 e. The van der Waals surface area contributed by atoms with E-state index in [4.69, 9.17) is 16.3 Å². The van der Waals surface area contributed by atoms with Gasteiger partial charge in [-0.05, 0) is 25.8 Å². The van der Waals surface area contributed by atoms with Gasteiger partial charge in [-0.2, -0.15) is 13.2 Å². The van der Waals surface area contributed by atoms with Crippen molar-refractivity contribution in [1.82, 2.24) is 14.7 Å². The summed E-state index contributed by atoms with van der Waals surface area (Å²) in [6.07, 6.45) is -2.03. The van der Waals surface area contributed by atoms with Gasteiger partial charge in [0.05, 0.1) is 22.4 Å². The fourth-order valence-electron chi connectivity index (χ4n) is 2.74. The third-order valence-corrected chi connectivity index (χ3v) is 4.18. The Labute approximate surface area is 140 Å². The number of aryl methyl sites for hydroxylation is 1. The lowest BCUT2D eigenvalue weighted by molar-refractivity contribution is -0.137. The summed E-state index contributed by atoms with van der Waals surface area (Å²) in [5.74, 6) is -0.508. The smallest absolute Gasteiger partial charge is 0.376 e. The van der Waals surface area contributed by atoms with Crippen molar-refractivity contribution in [2.45, 2.75) is 32.0 Å². The average molecular weight is 362 g/mol. The molecule has 1 fully saturated rings. The number of imidazole rings is 1. The number of nitrogens with zero attached hydrogens (tertiary/aromatic N) is 2. The van der Waals surface area contributed by atoms with Gasteiger partial charge >= 0.3 is 6.18 Å². The first-order valence-electron chi connectivity index (χ1n) is 7.42. The number of hydrogen-bond acceptors (Lipinski definition) is 3. The van der Waals surface area contributed by atoms with Gasteiger partial charge in [0.25, 0.3) is 5.91 Å². The topological polar surface area (TPSA) is 55.6 Å². The number of ether oxygens (including phenoxy) is 1. The van der Waals surface area contributed by atoms with Crippen LogP contribution in [0.4, 0.5) is 13.2 Å². The Hall–Kier alpha value is -1.80. The van der Waals surface area contributed by atoms with Crippen LogP contribution in [0.2, 0.25) is 5.02 Å². The molecule has 1 amide bonds. The van der Waals surface area contributed by atoms with Crippen LogP contribution in [0.5, 0.6) is 0 Å². The molecule has 0 spiro atoms. The molecule has 1 saturated heterocycles. The van der Waals surface area contributed by atoms with Crippen LogP contribution in [0, 0.1) is 6.92 Å². The van der Waals surface area contributed by atoms with Gasteiger partial charge in [0.1, 0.15) is 5.69 Å². The maximum atomic E-state index is 13.0. The van der Waals surface area contributed by atoms with Crippen LogP contribution in [0.1, 0.15) is 34.6 Å². The summed E-state index contributed by atoms with van der Waals surface area (Å²) in [4.78, 5) is 16.5. The minimum absolute atomic E-state index is 0.0380. The molecule has 1 unspecified atom stereocenters. The highest BCUT2D eigenvalue weighted by Gasteiger charge is 2.33. The van der Waals surface area contributed by atoms with E-state index in [1.54, 1.807) is 6.92 Å². The lowest BCUT2D eigenvalue weighted by Crippen LogP contribution is -2.32. The van der Waals surface area contributed by atoms with Crippen LogP contribution in [-0.2, 0) is 10.9 Å². The van der Waals surface area contributed by atoms with E-state index in [2.05, 4.69) is 10.3 Å². The quantitative estimate of drug-likeness (QED) is 0.913. The second-order valence-electron chi connectivity index (χ2n) is 5.66. The van der Waals surface area contributed by atoms with Gasteiger partial charge in [-0.1, -0.05) is 11.6 Å². The van der Waals surface area contributed by atoms with Gasteiger partial charge in [0.15, 0.2) is 5.65 Å². The van der Waals surface area contributed by atoms with Crippen molar-refractivity contribution in [3.63, 3.8) is 0 Å². The molecule has 1 atom stereocenters. The van der Waals surface area contributed by atoms with Crippen molar-refractivity contribution >= 4 is 23.2 Å². The van der Waals surface area contributed by atoms with Crippen molar-refractivity contribution in [3.05, 3.63) is 34.2 Å². The van der Waals surface area contributed by atoms with Gasteiger partial charge in [-0.15, -0.1) is 0 Å². The van der Waals surface area contributed by atoms with Crippen molar-refractivity contribution < 1.29 is 22.7 Å². The monoisotopic (exact) mass is 361 g/mol. The summed E-state index contributed by atoms with van der Waals surface area (Å²) in [6.45, 7) is 2.51. The molecule has 5 nitrogen and oxygen atoms in total. The molecule has 0 aromatic carbocycles. The maximum absolute atomic E-state index is 13.0. The fourth-order valence-corrected chi connectivity index (χ4v) is 2.99. The van der Waals surface area contributed by atoms with Crippen LogP contribution in [0.15, 0.2) is 12.3 Å². The molecule has 0 aliphatic carbocycles. The lowest BCUT2D eigenvalue weighted by atomic mass is 10.2. The van der Waals surface area contributed by atoms with Gasteiger partial charge < -0.3 is 10.1 Å². The summed E-state index contributed by atoms with van der Waals surface area (Å²) in [7, 11) is 0. The van der Waals surface area contributed by atoms with E-state index >= 15 is 0 Å². The van der Waals surface area contributed by atoms with Crippen molar-refractivity contribution in [1.29, 1.82) is 0 Å². The van der Waals surface area contributed by atoms with Crippen molar-refractivity contribution in [2.75, 3.05) is 13.2 Å². The molecule has 3 heterocycles. The van der Waals surface area contributed by atoms with Gasteiger partial charge in [0, 0.05) is 19.3 Å². The standard InChI is InChI=1S/C15H15ClF3N3O2/c1-8-12(14(23)20-6-10-3-2-4-24-10)22-7-9(15(17,18)19)5-11(16)13(22)21-8/h5,7,10H,2-4,6H2,1H3,(H,20,23). The molecule has 1 aliphatic heterocycles. The molecule has 0 bridgehead atoms. The zero-order valence-corrected chi connectivity index (χ0v) is 13.5. The summed E-state index contributed by atoms with van der Waals surface area (Å²) >= 11 is 5.90. The number of carbonyl (C=O) groups excluding carboxylic acids is 1. The van der Waals surface area contributed by atoms with Gasteiger partial charge in [-0.3, -0.25) is 9.20 Å². The maximum Gasteiger partial charge on any atom is 0.417 e. The molecule has 0 saturated carbocycles. The van der Waals surface area contributed by atoms with Gasteiger partial charge in [-0.25, -0.2) is 4.98 Å². The molecule has 1 N–H and O–H groups in total. The van der Waals surface area contributed by atoms with Crippen LogP contribution in [-0.4, -0.2) is 34.5 Å².